The maximum absolute atomic E-state index is 15.5. The number of ether oxygens (including phenoxy) is 1. The average Bonchev–Trinajstić information content (AvgIpc) is 3.44. The molecule has 1 aromatic heterocycles. The summed E-state index contributed by atoms with van der Waals surface area (Å²) in [5.74, 6) is -7.12. The van der Waals surface area contributed by atoms with E-state index in [1.54, 1.807) is 0 Å². The highest BCUT2D eigenvalue weighted by Gasteiger charge is 2.63. The molecule has 7 nitrogen and oxygen atoms in total. The van der Waals surface area contributed by atoms with Gasteiger partial charge in [0.05, 0.1) is 23.3 Å². The van der Waals surface area contributed by atoms with Crippen molar-refractivity contribution in [3.63, 3.8) is 0 Å². The van der Waals surface area contributed by atoms with Crippen LogP contribution in [-0.4, -0.2) is 58.8 Å². The number of aromatic nitrogens is 2. The standard InChI is InChI=1S/C20H24F6N4O3/c1-8-11-13(30(10-3-4-10)18(32)28-17(11)31)15(33-2)14(12(8)21)29-6-5-9(7-29)16(27)19(22,23)20(24,25)26/h9-10,14-16H,3-7,27H2,1-2H3,(H,28,31,32). The fourth-order valence-electron chi connectivity index (χ4n) is 4.97. The lowest BCUT2D eigenvalue weighted by atomic mass is 9.88. The van der Waals surface area contributed by atoms with E-state index < -0.39 is 53.3 Å². The largest absolute Gasteiger partial charge is 0.454 e. The number of nitrogens with one attached hydrogen (secondary N) is 1. The maximum Gasteiger partial charge on any atom is 0.454 e. The van der Waals surface area contributed by atoms with Crippen LogP contribution in [0.25, 0.3) is 5.57 Å². The number of aromatic amines is 1. The van der Waals surface area contributed by atoms with Gasteiger partial charge in [0.1, 0.15) is 11.9 Å². The van der Waals surface area contributed by atoms with Gasteiger partial charge >= 0.3 is 17.8 Å². The van der Waals surface area contributed by atoms with E-state index >= 15 is 4.39 Å². The topological polar surface area (TPSA) is 93.3 Å². The summed E-state index contributed by atoms with van der Waals surface area (Å²) in [6, 6.07) is -3.90. The second kappa shape index (κ2) is 7.98. The van der Waals surface area contributed by atoms with Gasteiger partial charge in [-0.05, 0) is 44.2 Å². The van der Waals surface area contributed by atoms with Crippen LogP contribution in [0.1, 0.15) is 49.6 Å². The molecule has 33 heavy (non-hydrogen) atoms. The molecule has 1 aliphatic heterocycles. The maximum atomic E-state index is 15.5. The van der Waals surface area contributed by atoms with E-state index in [0.29, 0.717) is 12.8 Å². The van der Waals surface area contributed by atoms with Gasteiger partial charge in [0.15, 0.2) is 0 Å². The van der Waals surface area contributed by atoms with Gasteiger partial charge in [0, 0.05) is 19.7 Å². The highest BCUT2D eigenvalue weighted by Crippen LogP contribution is 2.46. The highest BCUT2D eigenvalue weighted by molar-refractivity contribution is 5.70. The van der Waals surface area contributed by atoms with Gasteiger partial charge in [0.25, 0.3) is 5.56 Å². The predicted octanol–water partition coefficient (Wildman–Crippen LogP) is 2.49. The molecule has 2 aliphatic carbocycles. The lowest BCUT2D eigenvalue weighted by molar-refractivity contribution is -0.293. The number of likely N-dealkylation sites (tertiary alicyclic amines) is 1. The molecule has 4 atom stereocenters. The molecule has 0 spiro atoms. The molecule has 1 saturated heterocycles. The first kappa shape index (κ1) is 24.0. The number of methoxy groups -OCH3 is 1. The number of allylic oxidation sites excluding steroid dienone is 1. The molecule has 3 N–H and O–H groups in total. The third-order valence-corrected chi connectivity index (χ3v) is 6.85. The smallest absolute Gasteiger partial charge is 0.373 e. The van der Waals surface area contributed by atoms with Gasteiger partial charge in [-0.2, -0.15) is 22.0 Å². The Morgan fingerprint density at radius 1 is 1.15 bits per heavy atom. The average molecular weight is 482 g/mol. The first-order chi connectivity index (χ1) is 15.3. The van der Waals surface area contributed by atoms with Gasteiger partial charge in [0.2, 0.25) is 0 Å². The molecule has 2 heterocycles. The molecule has 4 rings (SSSR count). The number of nitrogens with two attached hydrogens (primary N) is 1. The second-order valence-corrected chi connectivity index (χ2v) is 8.88. The molecule has 0 aromatic carbocycles. The van der Waals surface area contributed by atoms with Gasteiger partial charge in [-0.15, -0.1) is 0 Å². The van der Waals surface area contributed by atoms with Crippen molar-refractivity contribution >= 4 is 5.57 Å². The van der Waals surface area contributed by atoms with Crippen molar-refractivity contribution in [3.8, 4) is 0 Å². The SMILES string of the molecule is COC1c2c(c(=O)[nH]c(=O)n2C2CC2)C(C)=C(F)C1N1CCC(C(N)C(F)(F)C(F)(F)F)C1. The Morgan fingerprint density at radius 3 is 2.33 bits per heavy atom. The molecule has 4 unspecified atom stereocenters. The van der Waals surface area contributed by atoms with Crippen LogP contribution < -0.4 is 17.0 Å². The fourth-order valence-corrected chi connectivity index (χ4v) is 4.97. The molecule has 1 saturated carbocycles. The van der Waals surface area contributed by atoms with Gasteiger partial charge in [-0.3, -0.25) is 19.2 Å². The van der Waals surface area contributed by atoms with Crippen molar-refractivity contribution in [2.45, 2.75) is 62.5 Å². The Kier molecular flexibility index (Phi) is 5.81. The van der Waals surface area contributed by atoms with Gasteiger partial charge in [-0.25, -0.2) is 9.18 Å². The first-order valence-electron chi connectivity index (χ1n) is 10.5. The van der Waals surface area contributed by atoms with E-state index in [1.165, 1.54) is 23.5 Å². The summed E-state index contributed by atoms with van der Waals surface area (Å²) in [7, 11) is 1.26. The Bertz CT molecular complexity index is 1090. The Labute approximate surface area is 184 Å². The van der Waals surface area contributed by atoms with Crippen LogP contribution in [0.5, 0.6) is 0 Å². The normalized spacial score (nSPS) is 27.7. The number of H-pyrrole nitrogens is 1. The number of rotatable bonds is 5. The molecule has 0 bridgehead atoms. The van der Waals surface area contributed by atoms with Crippen molar-refractivity contribution in [1.29, 1.82) is 0 Å². The summed E-state index contributed by atoms with van der Waals surface area (Å²) in [4.78, 5) is 28.7. The molecule has 184 valence electrons. The van der Waals surface area contributed by atoms with Crippen molar-refractivity contribution in [3.05, 3.63) is 37.9 Å². The third-order valence-electron chi connectivity index (χ3n) is 6.85. The van der Waals surface area contributed by atoms with E-state index in [1.807, 2.05) is 0 Å². The summed E-state index contributed by atoms with van der Waals surface area (Å²) in [5.41, 5.74) is 4.01. The lowest BCUT2D eigenvalue weighted by Crippen LogP contribution is -2.56. The van der Waals surface area contributed by atoms with Crippen LogP contribution in [0.4, 0.5) is 26.3 Å². The van der Waals surface area contributed by atoms with Crippen LogP contribution in [0.2, 0.25) is 0 Å². The highest BCUT2D eigenvalue weighted by atomic mass is 19.4. The minimum Gasteiger partial charge on any atom is -0.373 e. The molecule has 0 radical (unpaired) electrons. The lowest BCUT2D eigenvalue weighted by Gasteiger charge is -2.38. The van der Waals surface area contributed by atoms with Gasteiger partial charge in [-0.1, -0.05) is 0 Å². The van der Waals surface area contributed by atoms with E-state index in [2.05, 4.69) is 4.98 Å². The van der Waals surface area contributed by atoms with Crippen LogP contribution in [0.3, 0.4) is 0 Å². The minimum absolute atomic E-state index is 0.0102. The van der Waals surface area contributed by atoms with E-state index in [4.69, 9.17) is 10.5 Å². The van der Waals surface area contributed by atoms with Crippen LogP contribution in [0.15, 0.2) is 15.4 Å². The summed E-state index contributed by atoms with van der Waals surface area (Å²) in [6.07, 6.45) is -5.70. The number of halogens is 6. The molecule has 1 aromatic rings. The molecular formula is C20H24F6N4O3. The molecule has 13 heteroatoms. The number of nitrogens with zero attached hydrogens (tertiary/aromatic N) is 2. The van der Waals surface area contributed by atoms with Crippen LogP contribution >= 0.6 is 0 Å². The zero-order chi connectivity index (χ0) is 24.5. The Balaban J connectivity index is 1.72. The van der Waals surface area contributed by atoms with Crippen molar-refractivity contribution in [2.24, 2.45) is 11.7 Å². The number of alkyl halides is 5. The number of hydrogen-bond donors (Lipinski definition) is 2. The Morgan fingerprint density at radius 2 is 1.79 bits per heavy atom. The van der Waals surface area contributed by atoms with Gasteiger partial charge < -0.3 is 10.5 Å². The zero-order valence-electron chi connectivity index (χ0n) is 17.9. The predicted molar refractivity (Wildman–Crippen MR) is 105 cm³/mol. The summed E-state index contributed by atoms with van der Waals surface area (Å²) < 4.78 is 88.4. The molecule has 0 amide bonds. The third kappa shape index (κ3) is 3.73. The minimum atomic E-state index is -5.80. The van der Waals surface area contributed by atoms with Crippen molar-refractivity contribution < 1.29 is 31.1 Å². The number of hydrogen-bond acceptors (Lipinski definition) is 5. The second-order valence-electron chi connectivity index (χ2n) is 8.88. The summed E-state index contributed by atoms with van der Waals surface area (Å²) >= 11 is 0. The van der Waals surface area contributed by atoms with Crippen LogP contribution in [0, 0.1) is 5.92 Å². The molecular weight excluding hydrogens is 458 g/mol. The quantitative estimate of drug-likeness (QED) is 0.630. The van der Waals surface area contributed by atoms with E-state index in [0.717, 1.165) is 0 Å². The number of fused-ring (bicyclic) bond motifs is 1. The van der Waals surface area contributed by atoms with Crippen molar-refractivity contribution in [1.82, 2.24) is 14.5 Å². The van der Waals surface area contributed by atoms with E-state index in [-0.39, 0.29) is 42.4 Å². The fraction of sp³-hybridized carbons (Fsp3) is 0.700. The zero-order valence-corrected chi connectivity index (χ0v) is 17.9. The molecule has 2 fully saturated rings. The first-order valence-corrected chi connectivity index (χ1v) is 10.5. The summed E-state index contributed by atoms with van der Waals surface area (Å²) in [6.45, 7) is 1.02. The van der Waals surface area contributed by atoms with Crippen molar-refractivity contribution in [2.75, 3.05) is 20.2 Å². The summed E-state index contributed by atoms with van der Waals surface area (Å²) in [5, 5.41) is 0. The monoisotopic (exact) mass is 482 g/mol. The Hall–Kier alpha value is -2.12. The van der Waals surface area contributed by atoms with E-state index in [9.17, 15) is 31.5 Å². The molecule has 3 aliphatic rings. The van der Waals surface area contributed by atoms with Crippen LogP contribution in [-0.2, 0) is 4.74 Å².